The van der Waals surface area contributed by atoms with E-state index >= 15 is 0 Å². The number of ether oxygens (including phenoxy) is 1. The molecule has 1 N–H and O–H groups in total. The lowest BCUT2D eigenvalue weighted by molar-refractivity contribution is -0.114. The third kappa shape index (κ3) is 5.03. The van der Waals surface area contributed by atoms with Gasteiger partial charge >= 0.3 is 0 Å². The van der Waals surface area contributed by atoms with Crippen LogP contribution in [0.2, 0.25) is 10.0 Å². The standard InChI is InChI=1S/C17H18Cl2N2O4S/c1-11-4-7-16(25-2)15(8-11)21(26(3,23)24)10-17(22)20-12-5-6-13(18)14(19)9-12/h4-9H,10H2,1-3H3,(H,20,22). The van der Waals surface area contributed by atoms with Crippen LogP contribution in [0.3, 0.4) is 0 Å². The second-order valence-corrected chi connectivity index (χ2v) is 8.34. The summed E-state index contributed by atoms with van der Waals surface area (Å²) < 4.78 is 30.7. The van der Waals surface area contributed by atoms with E-state index < -0.39 is 22.5 Å². The molecular formula is C17H18Cl2N2O4S. The van der Waals surface area contributed by atoms with Crippen LogP contribution in [0.5, 0.6) is 5.75 Å². The lowest BCUT2D eigenvalue weighted by atomic mass is 10.2. The number of halogens is 2. The second kappa shape index (κ2) is 8.16. The number of rotatable bonds is 6. The summed E-state index contributed by atoms with van der Waals surface area (Å²) in [6, 6.07) is 9.69. The zero-order chi connectivity index (χ0) is 19.5. The van der Waals surface area contributed by atoms with Crippen LogP contribution in [0.25, 0.3) is 0 Å². The minimum atomic E-state index is -3.72. The molecule has 2 aromatic carbocycles. The Bertz CT molecular complexity index is 932. The molecule has 0 spiro atoms. The molecule has 0 unspecified atom stereocenters. The van der Waals surface area contributed by atoms with Gasteiger partial charge < -0.3 is 10.1 Å². The Labute approximate surface area is 162 Å². The number of hydrogen-bond donors (Lipinski definition) is 1. The van der Waals surface area contributed by atoms with Crippen molar-refractivity contribution in [1.82, 2.24) is 0 Å². The topological polar surface area (TPSA) is 75.7 Å². The summed E-state index contributed by atoms with van der Waals surface area (Å²) in [6.07, 6.45) is 1.03. The summed E-state index contributed by atoms with van der Waals surface area (Å²) in [4.78, 5) is 12.4. The number of carbonyl (C=O) groups excluding carboxylic acids is 1. The van der Waals surface area contributed by atoms with Crippen LogP contribution in [0.4, 0.5) is 11.4 Å². The monoisotopic (exact) mass is 416 g/mol. The molecule has 0 fully saturated rings. The van der Waals surface area contributed by atoms with Gasteiger partial charge in [-0.2, -0.15) is 0 Å². The van der Waals surface area contributed by atoms with Crippen molar-refractivity contribution >= 4 is 50.5 Å². The Morgan fingerprint density at radius 2 is 1.85 bits per heavy atom. The third-order valence-electron chi connectivity index (χ3n) is 3.49. The molecule has 0 aliphatic carbocycles. The SMILES string of the molecule is COc1ccc(C)cc1N(CC(=O)Nc1ccc(Cl)c(Cl)c1)S(C)(=O)=O. The minimum Gasteiger partial charge on any atom is -0.495 e. The fourth-order valence-electron chi connectivity index (χ4n) is 2.28. The molecule has 0 radical (unpaired) electrons. The number of nitrogens with one attached hydrogen (secondary N) is 1. The van der Waals surface area contributed by atoms with E-state index in [0.717, 1.165) is 16.1 Å². The largest absolute Gasteiger partial charge is 0.495 e. The van der Waals surface area contributed by atoms with Gasteiger partial charge in [-0.05, 0) is 42.8 Å². The average Bonchev–Trinajstić information content (AvgIpc) is 2.55. The van der Waals surface area contributed by atoms with Crippen molar-refractivity contribution < 1.29 is 17.9 Å². The van der Waals surface area contributed by atoms with Crippen LogP contribution in [-0.2, 0) is 14.8 Å². The molecule has 1 amide bonds. The smallest absolute Gasteiger partial charge is 0.245 e. The number of carbonyl (C=O) groups is 1. The molecule has 0 aliphatic heterocycles. The molecular weight excluding hydrogens is 399 g/mol. The molecule has 0 bridgehead atoms. The Morgan fingerprint density at radius 1 is 1.15 bits per heavy atom. The number of anilines is 2. The predicted octanol–water partition coefficient (Wildman–Crippen LogP) is 3.72. The van der Waals surface area contributed by atoms with Crippen molar-refractivity contribution in [3.05, 3.63) is 52.0 Å². The average molecular weight is 417 g/mol. The number of nitrogens with zero attached hydrogens (tertiary/aromatic N) is 1. The zero-order valence-electron chi connectivity index (χ0n) is 14.4. The first-order valence-corrected chi connectivity index (χ1v) is 10.1. The minimum absolute atomic E-state index is 0.282. The van der Waals surface area contributed by atoms with E-state index in [-0.39, 0.29) is 5.02 Å². The summed E-state index contributed by atoms with van der Waals surface area (Å²) in [5, 5.41) is 3.24. The highest BCUT2D eigenvalue weighted by molar-refractivity contribution is 7.92. The number of methoxy groups -OCH3 is 1. The molecule has 0 aliphatic rings. The van der Waals surface area contributed by atoms with E-state index in [4.69, 9.17) is 27.9 Å². The molecule has 0 aromatic heterocycles. The first kappa shape index (κ1) is 20.4. The molecule has 0 atom stereocenters. The zero-order valence-corrected chi connectivity index (χ0v) is 16.7. The highest BCUT2D eigenvalue weighted by atomic mass is 35.5. The second-order valence-electron chi connectivity index (χ2n) is 5.62. The molecule has 2 aromatic rings. The normalized spacial score (nSPS) is 11.1. The van der Waals surface area contributed by atoms with Gasteiger partial charge in [0.1, 0.15) is 12.3 Å². The third-order valence-corrected chi connectivity index (χ3v) is 5.36. The van der Waals surface area contributed by atoms with Gasteiger partial charge in [-0.3, -0.25) is 9.10 Å². The summed E-state index contributed by atoms with van der Waals surface area (Å²) in [5.41, 5.74) is 1.53. The molecule has 9 heteroatoms. The predicted molar refractivity (Wildman–Crippen MR) is 105 cm³/mol. The van der Waals surface area contributed by atoms with Gasteiger partial charge in [0.05, 0.1) is 29.1 Å². The summed E-state index contributed by atoms with van der Waals surface area (Å²) in [7, 11) is -2.29. The van der Waals surface area contributed by atoms with Crippen molar-refractivity contribution in [2.45, 2.75) is 6.92 Å². The van der Waals surface area contributed by atoms with Gasteiger partial charge in [0.2, 0.25) is 15.9 Å². The van der Waals surface area contributed by atoms with Gasteiger partial charge in [0, 0.05) is 5.69 Å². The van der Waals surface area contributed by atoms with Crippen molar-refractivity contribution in [2.24, 2.45) is 0 Å². The molecule has 26 heavy (non-hydrogen) atoms. The Morgan fingerprint density at radius 3 is 2.42 bits per heavy atom. The van der Waals surface area contributed by atoms with Gasteiger partial charge in [0.25, 0.3) is 0 Å². The van der Waals surface area contributed by atoms with Crippen LogP contribution >= 0.6 is 23.2 Å². The Hall–Kier alpha value is -1.96. The van der Waals surface area contributed by atoms with Crippen LogP contribution < -0.4 is 14.4 Å². The maximum absolute atomic E-state index is 12.4. The van der Waals surface area contributed by atoms with Crippen molar-refractivity contribution in [2.75, 3.05) is 29.5 Å². The lowest BCUT2D eigenvalue weighted by Gasteiger charge is -2.24. The number of benzene rings is 2. The highest BCUT2D eigenvalue weighted by Gasteiger charge is 2.24. The van der Waals surface area contributed by atoms with Gasteiger partial charge in [-0.15, -0.1) is 0 Å². The van der Waals surface area contributed by atoms with Crippen molar-refractivity contribution in [3.63, 3.8) is 0 Å². The van der Waals surface area contributed by atoms with E-state index in [1.54, 1.807) is 24.3 Å². The van der Waals surface area contributed by atoms with Crippen LogP contribution in [0, 0.1) is 6.92 Å². The maximum atomic E-state index is 12.4. The quantitative estimate of drug-likeness (QED) is 0.778. The fourth-order valence-corrected chi connectivity index (χ4v) is 3.43. The highest BCUT2D eigenvalue weighted by Crippen LogP contribution is 2.31. The van der Waals surface area contributed by atoms with Crippen molar-refractivity contribution in [1.29, 1.82) is 0 Å². The van der Waals surface area contributed by atoms with E-state index in [1.807, 2.05) is 6.92 Å². The molecule has 140 valence electrons. The van der Waals surface area contributed by atoms with Crippen LogP contribution in [0.1, 0.15) is 5.56 Å². The molecule has 6 nitrogen and oxygen atoms in total. The van der Waals surface area contributed by atoms with Crippen LogP contribution in [0.15, 0.2) is 36.4 Å². The van der Waals surface area contributed by atoms with E-state index in [0.29, 0.717) is 22.1 Å². The fraction of sp³-hybridized carbons (Fsp3) is 0.235. The first-order chi connectivity index (χ1) is 12.1. The van der Waals surface area contributed by atoms with Crippen molar-refractivity contribution in [3.8, 4) is 5.75 Å². The van der Waals surface area contributed by atoms with E-state index in [9.17, 15) is 13.2 Å². The van der Waals surface area contributed by atoms with Gasteiger partial charge in [0.15, 0.2) is 0 Å². The van der Waals surface area contributed by atoms with E-state index in [2.05, 4.69) is 5.32 Å². The number of sulfonamides is 1. The Kier molecular flexibility index (Phi) is 6.39. The molecule has 2 rings (SSSR count). The lowest BCUT2D eigenvalue weighted by Crippen LogP contribution is -2.37. The number of hydrogen-bond acceptors (Lipinski definition) is 4. The number of amides is 1. The molecule has 0 heterocycles. The Balaban J connectivity index is 2.30. The maximum Gasteiger partial charge on any atom is 0.245 e. The summed E-state index contributed by atoms with van der Waals surface area (Å²) in [6.45, 7) is 1.40. The summed E-state index contributed by atoms with van der Waals surface area (Å²) in [5.74, 6) is -0.180. The molecule has 0 saturated carbocycles. The number of aryl methyl sites for hydroxylation is 1. The van der Waals surface area contributed by atoms with E-state index in [1.165, 1.54) is 19.2 Å². The van der Waals surface area contributed by atoms with Crippen LogP contribution in [-0.4, -0.2) is 34.2 Å². The van der Waals surface area contributed by atoms with Gasteiger partial charge in [-0.1, -0.05) is 29.3 Å². The molecule has 0 saturated heterocycles. The first-order valence-electron chi connectivity index (χ1n) is 7.49. The summed E-state index contributed by atoms with van der Waals surface area (Å²) >= 11 is 11.8. The van der Waals surface area contributed by atoms with Gasteiger partial charge in [-0.25, -0.2) is 8.42 Å².